The number of likely N-dealkylation sites (tertiary alicyclic amines) is 1. The molecule has 0 spiro atoms. The molecule has 3 fully saturated rings. The van der Waals surface area contributed by atoms with Crippen molar-refractivity contribution in [3.8, 4) is 0 Å². The number of piperidine rings is 1. The van der Waals surface area contributed by atoms with E-state index in [2.05, 4.69) is 29.5 Å². The van der Waals surface area contributed by atoms with Crippen LogP contribution in [-0.2, 0) is 14.4 Å². The Hall–Kier alpha value is -2.16. The minimum atomic E-state index is -0.612. The van der Waals surface area contributed by atoms with Crippen LogP contribution in [0.5, 0.6) is 0 Å². The van der Waals surface area contributed by atoms with E-state index in [-0.39, 0.29) is 23.8 Å². The largest absolute Gasteiger partial charge is 0.370 e. The van der Waals surface area contributed by atoms with E-state index in [1.54, 1.807) is 0 Å². The molecule has 1 saturated carbocycles. The second-order valence-corrected chi connectivity index (χ2v) is 11.3. The fraction of sp³-hybridized carbons (Fsp3) is 0.846. The summed E-state index contributed by atoms with van der Waals surface area (Å²) in [5, 5.41) is 6.39. The fourth-order valence-electron chi connectivity index (χ4n) is 6.10. The minimum Gasteiger partial charge on any atom is -0.370 e. The zero-order valence-electron chi connectivity index (χ0n) is 21.6. The Bertz CT molecular complexity index is 753. The zero-order valence-corrected chi connectivity index (χ0v) is 21.6. The summed E-state index contributed by atoms with van der Waals surface area (Å²) in [6.07, 6.45) is 10.4. The number of nitrogens with two attached hydrogens (primary N) is 2. The summed E-state index contributed by atoms with van der Waals surface area (Å²) in [6, 6.07) is -1.35. The number of nitrogens with zero attached hydrogens (tertiary/aromatic N) is 2. The van der Waals surface area contributed by atoms with E-state index < -0.39 is 12.1 Å². The van der Waals surface area contributed by atoms with Crippen molar-refractivity contribution in [2.45, 2.75) is 96.2 Å². The number of amides is 2. The third kappa shape index (κ3) is 7.92. The fourth-order valence-corrected chi connectivity index (χ4v) is 6.10. The summed E-state index contributed by atoms with van der Waals surface area (Å²) in [4.78, 5) is 44.4. The Morgan fingerprint density at radius 3 is 2.57 bits per heavy atom. The first-order valence-electron chi connectivity index (χ1n) is 13.6. The SMILES string of the molecule is CC(C)CC[C@H]1C[C@@H](C(=O)N[C@H](C=O)CCCN=C(N)N)N(C(=O)[C@H]2C[C@H]3CCCC[C@H]3CN2)C1. The summed E-state index contributed by atoms with van der Waals surface area (Å²) < 4.78 is 0. The van der Waals surface area contributed by atoms with Crippen LogP contribution < -0.4 is 22.1 Å². The molecule has 0 unspecified atom stereocenters. The van der Waals surface area contributed by atoms with E-state index >= 15 is 0 Å². The standard InChI is InChI=1S/C26H46N6O3/c1-17(2)9-10-18-12-23(24(34)31-21(16-33)8-5-11-29-26(27)28)32(15-18)25(35)22-13-19-6-3-4-7-20(19)14-30-22/h16-23,30H,3-15H2,1-2H3,(H,31,34)(H4,27,28,29)/t18-,19+,20-,21-,22+,23-/m0/s1. The predicted octanol–water partition coefficient (Wildman–Crippen LogP) is 1.55. The molecule has 6 atom stereocenters. The maximum atomic E-state index is 13.7. The Labute approximate surface area is 210 Å². The average Bonchev–Trinajstić information content (AvgIpc) is 3.28. The highest BCUT2D eigenvalue weighted by molar-refractivity contribution is 5.91. The van der Waals surface area contributed by atoms with Gasteiger partial charge in [0, 0.05) is 13.1 Å². The van der Waals surface area contributed by atoms with Crippen LogP contribution in [0.2, 0.25) is 0 Å². The summed E-state index contributed by atoms with van der Waals surface area (Å²) in [5.74, 6) is 2.01. The lowest BCUT2D eigenvalue weighted by Gasteiger charge is -2.41. The maximum Gasteiger partial charge on any atom is 0.243 e. The topological polar surface area (TPSA) is 143 Å². The number of aldehydes is 1. The molecule has 6 N–H and O–H groups in total. The number of hydrogen-bond donors (Lipinski definition) is 4. The molecule has 1 aliphatic carbocycles. The second-order valence-electron chi connectivity index (χ2n) is 11.3. The van der Waals surface area contributed by atoms with Crippen molar-refractivity contribution in [3.05, 3.63) is 0 Å². The number of carbonyl (C=O) groups excluding carboxylic acids is 3. The van der Waals surface area contributed by atoms with E-state index in [4.69, 9.17) is 11.5 Å². The van der Waals surface area contributed by atoms with E-state index in [1.807, 2.05) is 4.90 Å². The van der Waals surface area contributed by atoms with Gasteiger partial charge in [-0.25, -0.2) is 0 Å². The van der Waals surface area contributed by atoms with Gasteiger partial charge in [0.25, 0.3) is 0 Å². The van der Waals surface area contributed by atoms with Crippen molar-refractivity contribution in [1.29, 1.82) is 0 Å². The lowest BCUT2D eigenvalue weighted by molar-refractivity contribution is -0.141. The molecule has 9 nitrogen and oxygen atoms in total. The minimum absolute atomic E-state index is 0.0140. The average molecular weight is 491 g/mol. The number of rotatable bonds is 11. The monoisotopic (exact) mass is 490 g/mol. The number of fused-ring (bicyclic) bond motifs is 1. The molecular weight excluding hydrogens is 444 g/mol. The molecule has 0 aromatic rings. The molecule has 3 rings (SSSR count). The Morgan fingerprint density at radius 2 is 1.89 bits per heavy atom. The van der Waals surface area contributed by atoms with E-state index in [1.165, 1.54) is 25.7 Å². The molecule has 0 aromatic heterocycles. The van der Waals surface area contributed by atoms with Crippen LogP contribution in [0.25, 0.3) is 0 Å². The lowest BCUT2D eigenvalue weighted by atomic mass is 9.73. The van der Waals surface area contributed by atoms with E-state index in [9.17, 15) is 14.4 Å². The van der Waals surface area contributed by atoms with Gasteiger partial charge in [-0.15, -0.1) is 0 Å². The summed E-state index contributed by atoms with van der Waals surface area (Å²) >= 11 is 0. The van der Waals surface area contributed by atoms with Crippen molar-refractivity contribution in [2.75, 3.05) is 19.6 Å². The first-order valence-corrected chi connectivity index (χ1v) is 13.6. The van der Waals surface area contributed by atoms with Gasteiger partial charge in [0.05, 0.1) is 12.1 Å². The van der Waals surface area contributed by atoms with Gasteiger partial charge in [-0.2, -0.15) is 0 Å². The van der Waals surface area contributed by atoms with Crippen LogP contribution in [0.15, 0.2) is 4.99 Å². The second kappa shape index (κ2) is 13.2. The molecule has 3 aliphatic rings. The van der Waals surface area contributed by atoms with Gasteiger partial charge in [-0.1, -0.05) is 39.5 Å². The van der Waals surface area contributed by atoms with Crippen LogP contribution in [0.3, 0.4) is 0 Å². The molecule has 2 saturated heterocycles. The van der Waals surface area contributed by atoms with Gasteiger partial charge in [0.15, 0.2) is 5.96 Å². The Morgan fingerprint density at radius 1 is 1.14 bits per heavy atom. The molecule has 9 heteroatoms. The number of guanidine groups is 1. The molecule has 0 aromatic carbocycles. The lowest BCUT2D eigenvalue weighted by Crippen LogP contribution is -2.57. The first kappa shape index (κ1) is 27.4. The molecule has 2 amide bonds. The predicted molar refractivity (Wildman–Crippen MR) is 137 cm³/mol. The van der Waals surface area contributed by atoms with Crippen molar-refractivity contribution >= 4 is 24.1 Å². The first-order chi connectivity index (χ1) is 16.8. The quantitative estimate of drug-likeness (QED) is 0.150. The number of hydrogen-bond acceptors (Lipinski definition) is 5. The van der Waals surface area contributed by atoms with Crippen molar-refractivity contribution in [3.63, 3.8) is 0 Å². The summed E-state index contributed by atoms with van der Waals surface area (Å²) in [7, 11) is 0. The molecule has 2 aliphatic heterocycles. The van der Waals surface area contributed by atoms with E-state index in [0.717, 1.165) is 32.1 Å². The van der Waals surface area contributed by atoms with Crippen LogP contribution in [0, 0.1) is 23.7 Å². The Balaban J connectivity index is 1.63. The van der Waals surface area contributed by atoms with Crippen LogP contribution in [0.4, 0.5) is 0 Å². The third-order valence-corrected chi connectivity index (χ3v) is 8.11. The van der Waals surface area contributed by atoms with Crippen molar-refractivity contribution in [1.82, 2.24) is 15.5 Å². The van der Waals surface area contributed by atoms with Gasteiger partial charge in [-0.3, -0.25) is 14.6 Å². The van der Waals surface area contributed by atoms with Gasteiger partial charge < -0.3 is 31.8 Å². The van der Waals surface area contributed by atoms with Gasteiger partial charge in [0.1, 0.15) is 12.3 Å². The number of carbonyl (C=O) groups is 3. The van der Waals surface area contributed by atoms with Crippen LogP contribution >= 0.6 is 0 Å². The summed E-state index contributed by atoms with van der Waals surface area (Å²) in [6.45, 7) is 6.32. The molecule has 0 bridgehead atoms. The molecule has 35 heavy (non-hydrogen) atoms. The summed E-state index contributed by atoms with van der Waals surface area (Å²) in [5.41, 5.74) is 10.7. The highest BCUT2D eigenvalue weighted by Crippen LogP contribution is 2.37. The van der Waals surface area contributed by atoms with Crippen LogP contribution in [0.1, 0.15) is 78.1 Å². The third-order valence-electron chi connectivity index (χ3n) is 8.11. The van der Waals surface area contributed by atoms with Crippen molar-refractivity contribution in [2.24, 2.45) is 40.1 Å². The Kier molecular flexibility index (Phi) is 10.4. The normalized spacial score (nSPS) is 29.3. The molecule has 198 valence electrons. The molecular formula is C26H46N6O3. The van der Waals surface area contributed by atoms with Crippen molar-refractivity contribution < 1.29 is 14.4 Å². The molecule has 0 radical (unpaired) electrons. The number of nitrogens with one attached hydrogen (secondary N) is 2. The van der Waals surface area contributed by atoms with Crippen LogP contribution in [-0.4, -0.2) is 66.7 Å². The van der Waals surface area contributed by atoms with E-state index in [0.29, 0.717) is 56.0 Å². The smallest absolute Gasteiger partial charge is 0.243 e. The zero-order chi connectivity index (χ0) is 25.4. The highest BCUT2D eigenvalue weighted by Gasteiger charge is 2.44. The van der Waals surface area contributed by atoms with Gasteiger partial charge >= 0.3 is 0 Å². The maximum absolute atomic E-state index is 13.7. The molecule has 2 heterocycles. The van der Waals surface area contributed by atoms with Gasteiger partial charge in [0.2, 0.25) is 11.8 Å². The number of aliphatic imine (C=N–C) groups is 1. The van der Waals surface area contributed by atoms with Gasteiger partial charge in [-0.05, 0) is 68.7 Å². The highest BCUT2D eigenvalue weighted by atomic mass is 16.2.